The zero-order chi connectivity index (χ0) is 13.7. The molecule has 2 aromatic carbocycles. The van der Waals surface area contributed by atoms with Crippen molar-refractivity contribution in [1.82, 2.24) is 0 Å². The first-order valence-corrected chi connectivity index (χ1v) is 6.29. The summed E-state index contributed by atoms with van der Waals surface area (Å²) in [6.45, 7) is 3.72. The summed E-state index contributed by atoms with van der Waals surface area (Å²) in [5, 5.41) is 2.85. The molecule has 19 heavy (non-hydrogen) atoms. The molecule has 0 spiro atoms. The minimum absolute atomic E-state index is 0.00291. The van der Waals surface area contributed by atoms with Crippen molar-refractivity contribution in [2.45, 2.75) is 13.8 Å². The Kier molecular flexibility index (Phi) is 4.18. The van der Waals surface area contributed by atoms with Gasteiger partial charge in [0.15, 0.2) is 0 Å². The molecule has 0 fully saturated rings. The van der Waals surface area contributed by atoms with Gasteiger partial charge in [0.2, 0.25) is 5.91 Å². The largest absolute Gasteiger partial charge is 0.457 e. The predicted octanol–water partition coefficient (Wildman–Crippen LogP) is 4.07. The number of rotatable bonds is 4. The van der Waals surface area contributed by atoms with Crippen molar-refractivity contribution < 1.29 is 9.53 Å². The fraction of sp³-hybridized carbons (Fsp3) is 0.188. The molecule has 2 rings (SSSR count). The maximum absolute atomic E-state index is 11.6. The van der Waals surface area contributed by atoms with E-state index < -0.39 is 0 Å². The number of hydrogen-bond donors (Lipinski definition) is 1. The van der Waals surface area contributed by atoms with Gasteiger partial charge in [0.05, 0.1) is 0 Å². The number of para-hydroxylation sites is 1. The summed E-state index contributed by atoms with van der Waals surface area (Å²) in [6, 6.07) is 16.9. The Morgan fingerprint density at radius 2 is 1.68 bits per heavy atom. The lowest BCUT2D eigenvalue weighted by molar-refractivity contribution is -0.118. The molecule has 0 aliphatic carbocycles. The molecular formula is C16H17NO2. The van der Waals surface area contributed by atoms with Gasteiger partial charge < -0.3 is 10.1 Å². The van der Waals surface area contributed by atoms with Crippen LogP contribution in [0.4, 0.5) is 5.69 Å². The van der Waals surface area contributed by atoms with Crippen molar-refractivity contribution in [2.75, 3.05) is 5.32 Å². The molecule has 0 atom stereocenters. The molecule has 0 unspecified atom stereocenters. The van der Waals surface area contributed by atoms with Gasteiger partial charge in [0.25, 0.3) is 0 Å². The van der Waals surface area contributed by atoms with Crippen molar-refractivity contribution in [1.29, 1.82) is 0 Å². The SMILES string of the molecule is CC(C)C(=O)Nc1cccc(Oc2ccccc2)c1. The first-order valence-electron chi connectivity index (χ1n) is 6.29. The Morgan fingerprint density at radius 3 is 2.37 bits per heavy atom. The summed E-state index contributed by atoms with van der Waals surface area (Å²) in [5.74, 6) is 1.43. The van der Waals surface area contributed by atoms with Crippen molar-refractivity contribution in [2.24, 2.45) is 5.92 Å². The molecular weight excluding hydrogens is 238 g/mol. The molecule has 0 aromatic heterocycles. The third-order valence-electron chi connectivity index (χ3n) is 2.60. The van der Waals surface area contributed by atoms with Gasteiger partial charge in [-0.1, -0.05) is 38.1 Å². The predicted molar refractivity (Wildman–Crippen MR) is 76.4 cm³/mol. The van der Waals surface area contributed by atoms with E-state index in [0.29, 0.717) is 5.75 Å². The normalized spacial score (nSPS) is 10.3. The van der Waals surface area contributed by atoms with Crippen LogP contribution in [0.2, 0.25) is 0 Å². The van der Waals surface area contributed by atoms with E-state index >= 15 is 0 Å². The van der Waals surface area contributed by atoms with Crippen LogP contribution in [0, 0.1) is 5.92 Å². The van der Waals surface area contributed by atoms with E-state index in [4.69, 9.17) is 4.74 Å². The number of ether oxygens (including phenoxy) is 1. The molecule has 0 aliphatic rings. The number of carbonyl (C=O) groups excluding carboxylic acids is 1. The smallest absolute Gasteiger partial charge is 0.226 e. The summed E-state index contributed by atoms with van der Waals surface area (Å²) in [7, 11) is 0. The number of benzene rings is 2. The van der Waals surface area contributed by atoms with Gasteiger partial charge in [0, 0.05) is 17.7 Å². The quantitative estimate of drug-likeness (QED) is 0.894. The molecule has 0 saturated carbocycles. The average molecular weight is 255 g/mol. The van der Waals surface area contributed by atoms with Gasteiger partial charge in [0.1, 0.15) is 11.5 Å². The zero-order valence-electron chi connectivity index (χ0n) is 11.1. The van der Waals surface area contributed by atoms with Crippen LogP contribution in [0.25, 0.3) is 0 Å². The standard InChI is InChI=1S/C16H17NO2/c1-12(2)16(18)17-13-7-6-10-15(11-13)19-14-8-4-3-5-9-14/h3-12H,1-2H3,(H,17,18). The number of carbonyl (C=O) groups is 1. The highest BCUT2D eigenvalue weighted by Crippen LogP contribution is 2.23. The van der Waals surface area contributed by atoms with Crippen LogP contribution in [-0.2, 0) is 4.79 Å². The fourth-order valence-corrected chi connectivity index (χ4v) is 1.55. The number of anilines is 1. The molecule has 0 saturated heterocycles. The van der Waals surface area contributed by atoms with Gasteiger partial charge in [-0.15, -0.1) is 0 Å². The Balaban J connectivity index is 2.09. The van der Waals surface area contributed by atoms with E-state index in [-0.39, 0.29) is 11.8 Å². The van der Waals surface area contributed by atoms with E-state index in [9.17, 15) is 4.79 Å². The molecule has 2 aromatic rings. The van der Waals surface area contributed by atoms with Gasteiger partial charge in [-0.2, -0.15) is 0 Å². The summed E-state index contributed by atoms with van der Waals surface area (Å²) in [4.78, 5) is 11.6. The molecule has 0 aliphatic heterocycles. The molecule has 1 N–H and O–H groups in total. The second kappa shape index (κ2) is 6.05. The number of hydrogen-bond acceptors (Lipinski definition) is 2. The maximum atomic E-state index is 11.6. The average Bonchev–Trinajstić information content (AvgIpc) is 2.40. The van der Waals surface area contributed by atoms with Crippen LogP contribution >= 0.6 is 0 Å². The van der Waals surface area contributed by atoms with E-state index in [1.807, 2.05) is 68.4 Å². The Hall–Kier alpha value is -2.29. The van der Waals surface area contributed by atoms with Gasteiger partial charge in [-0.05, 0) is 24.3 Å². The van der Waals surface area contributed by atoms with E-state index in [1.54, 1.807) is 0 Å². The van der Waals surface area contributed by atoms with Gasteiger partial charge in [-0.3, -0.25) is 4.79 Å². The number of amides is 1. The third-order valence-corrected chi connectivity index (χ3v) is 2.60. The highest BCUT2D eigenvalue weighted by atomic mass is 16.5. The molecule has 3 nitrogen and oxygen atoms in total. The lowest BCUT2D eigenvalue weighted by Crippen LogP contribution is -2.17. The molecule has 0 bridgehead atoms. The van der Waals surface area contributed by atoms with Gasteiger partial charge >= 0.3 is 0 Å². The first-order chi connectivity index (χ1) is 9.15. The van der Waals surface area contributed by atoms with Crippen molar-refractivity contribution in [3.8, 4) is 11.5 Å². The van der Waals surface area contributed by atoms with E-state index in [1.165, 1.54) is 0 Å². The maximum Gasteiger partial charge on any atom is 0.226 e. The summed E-state index contributed by atoms with van der Waals surface area (Å²) < 4.78 is 5.71. The van der Waals surface area contributed by atoms with Crippen LogP contribution in [0.15, 0.2) is 54.6 Å². The Morgan fingerprint density at radius 1 is 1.00 bits per heavy atom. The lowest BCUT2D eigenvalue weighted by Gasteiger charge is -2.10. The molecule has 0 heterocycles. The highest BCUT2D eigenvalue weighted by molar-refractivity contribution is 5.92. The molecule has 3 heteroatoms. The summed E-state index contributed by atoms with van der Waals surface area (Å²) >= 11 is 0. The van der Waals surface area contributed by atoms with Crippen LogP contribution in [0.3, 0.4) is 0 Å². The molecule has 98 valence electrons. The molecule has 1 amide bonds. The molecule has 0 radical (unpaired) electrons. The lowest BCUT2D eigenvalue weighted by atomic mass is 10.2. The van der Waals surface area contributed by atoms with Gasteiger partial charge in [-0.25, -0.2) is 0 Å². The van der Waals surface area contributed by atoms with Crippen LogP contribution in [-0.4, -0.2) is 5.91 Å². The van der Waals surface area contributed by atoms with Crippen molar-refractivity contribution >= 4 is 11.6 Å². The number of nitrogens with one attached hydrogen (secondary N) is 1. The second-order valence-corrected chi connectivity index (χ2v) is 4.59. The minimum Gasteiger partial charge on any atom is -0.457 e. The Bertz CT molecular complexity index is 550. The van der Waals surface area contributed by atoms with E-state index in [0.717, 1.165) is 11.4 Å². The zero-order valence-corrected chi connectivity index (χ0v) is 11.1. The highest BCUT2D eigenvalue weighted by Gasteiger charge is 2.07. The summed E-state index contributed by atoms with van der Waals surface area (Å²) in [6.07, 6.45) is 0. The van der Waals surface area contributed by atoms with E-state index in [2.05, 4.69) is 5.32 Å². The van der Waals surface area contributed by atoms with Crippen molar-refractivity contribution in [3.05, 3.63) is 54.6 Å². The van der Waals surface area contributed by atoms with Crippen LogP contribution in [0.1, 0.15) is 13.8 Å². The third kappa shape index (κ3) is 3.85. The summed E-state index contributed by atoms with van der Waals surface area (Å²) in [5.41, 5.74) is 0.743. The first kappa shape index (κ1) is 13.1. The van der Waals surface area contributed by atoms with Crippen molar-refractivity contribution in [3.63, 3.8) is 0 Å². The topological polar surface area (TPSA) is 38.3 Å². The second-order valence-electron chi connectivity index (χ2n) is 4.59. The van der Waals surface area contributed by atoms with Crippen LogP contribution < -0.4 is 10.1 Å². The monoisotopic (exact) mass is 255 g/mol. The van der Waals surface area contributed by atoms with Crippen LogP contribution in [0.5, 0.6) is 11.5 Å². The fourth-order valence-electron chi connectivity index (χ4n) is 1.55. The Labute approximate surface area is 113 Å². The minimum atomic E-state index is -0.0429.